The molecule has 0 atom stereocenters. The molecule has 1 rings (SSSR count). The van der Waals surface area contributed by atoms with Crippen LogP contribution in [-0.4, -0.2) is 17.4 Å². The van der Waals surface area contributed by atoms with Gasteiger partial charge in [0.1, 0.15) is 17.6 Å². The van der Waals surface area contributed by atoms with Gasteiger partial charge in [-0.25, -0.2) is 0 Å². The van der Waals surface area contributed by atoms with Gasteiger partial charge in [-0.15, -0.1) is 13.2 Å². The monoisotopic (exact) mass is 286 g/mol. The second kappa shape index (κ2) is 5.97. The molecule has 0 spiro atoms. The standard InChI is InChI=1S/C12H9F3N2O3/c1-7(18)10(6-16)11(19)17-8-2-4-9(5-3-8)20-12(13,14)15/h2-5,18H,1H3,(H,17,19)/b10-7+. The first kappa shape index (κ1) is 15.4. The average Bonchev–Trinajstić information content (AvgIpc) is 2.30. The fraction of sp³-hybridized carbons (Fsp3) is 0.167. The minimum absolute atomic E-state index is 0.151. The number of ether oxygens (including phenoxy) is 1. The van der Waals surface area contributed by atoms with Crippen LogP contribution in [0.1, 0.15) is 6.92 Å². The molecule has 5 nitrogen and oxygen atoms in total. The third-order valence-corrected chi connectivity index (χ3v) is 2.05. The minimum Gasteiger partial charge on any atom is -0.511 e. The van der Waals surface area contributed by atoms with Crippen LogP contribution in [0.15, 0.2) is 35.6 Å². The van der Waals surface area contributed by atoms with Gasteiger partial charge in [0.15, 0.2) is 5.57 Å². The van der Waals surface area contributed by atoms with Crippen molar-refractivity contribution in [2.45, 2.75) is 13.3 Å². The molecule has 1 amide bonds. The van der Waals surface area contributed by atoms with Crippen LogP contribution >= 0.6 is 0 Å². The van der Waals surface area contributed by atoms with Crippen LogP contribution in [-0.2, 0) is 4.79 Å². The van der Waals surface area contributed by atoms with Crippen LogP contribution in [0.3, 0.4) is 0 Å². The summed E-state index contributed by atoms with van der Waals surface area (Å²) in [6.45, 7) is 1.17. The lowest BCUT2D eigenvalue weighted by molar-refractivity contribution is -0.274. The number of benzene rings is 1. The second-order valence-electron chi connectivity index (χ2n) is 3.60. The van der Waals surface area contributed by atoms with Crippen molar-refractivity contribution in [3.8, 4) is 11.8 Å². The number of aliphatic hydroxyl groups excluding tert-OH is 1. The Kier molecular flexibility index (Phi) is 4.59. The van der Waals surface area contributed by atoms with E-state index in [0.717, 1.165) is 12.1 Å². The molecule has 1 aromatic rings. The van der Waals surface area contributed by atoms with Crippen molar-refractivity contribution in [3.63, 3.8) is 0 Å². The Balaban J connectivity index is 2.79. The number of nitriles is 1. The number of nitrogens with zero attached hydrogens (tertiary/aromatic N) is 1. The van der Waals surface area contributed by atoms with E-state index in [-0.39, 0.29) is 5.69 Å². The number of carbonyl (C=O) groups is 1. The van der Waals surface area contributed by atoms with Crippen LogP contribution in [0, 0.1) is 11.3 Å². The van der Waals surface area contributed by atoms with E-state index in [1.54, 1.807) is 0 Å². The molecule has 0 aliphatic heterocycles. The summed E-state index contributed by atoms with van der Waals surface area (Å²) in [6, 6.07) is 5.85. The van der Waals surface area contributed by atoms with Crippen molar-refractivity contribution in [2.75, 3.05) is 5.32 Å². The number of nitrogens with one attached hydrogen (secondary N) is 1. The molecule has 1 aromatic carbocycles. The van der Waals surface area contributed by atoms with Gasteiger partial charge in [-0.3, -0.25) is 4.79 Å². The normalized spacial score (nSPS) is 12.2. The lowest BCUT2D eigenvalue weighted by Crippen LogP contribution is -2.17. The zero-order valence-electron chi connectivity index (χ0n) is 10.2. The predicted molar refractivity (Wildman–Crippen MR) is 62.7 cm³/mol. The van der Waals surface area contributed by atoms with Gasteiger partial charge in [0.2, 0.25) is 0 Å². The number of amides is 1. The largest absolute Gasteiger partial charge is 0.573 e. The number of rotatable bonds is 3. The molecular formula is C12H9F3N2O3. The first-order chi connectivity index (χ1) is 9.23. The van der Waals surface area contributed by atoms with E-state index in [0.29, 0.717) is 0 Å². The van der Waals surface area contributed by atoms with E-state index in [1.807, 2.05) is 0 Å². The van der Waals surface area contributed by atoms with Crippen LogP contribution in [0.2, 0.25) is 0 Å². The molecule has 0 fully saturated rings. The summed E-state index contributed by atoms with van der Waals surface area (Å²) >= 11 is 0. The van der Waals surface area contributed by atoms with Crippen LogP contribution in [0.25, 0.3) is 0 Å². The van der Waals surface area contributed by atoms with Crippen LogP contribution in [0.5, 0.6) is 5.75 Å². The van der Waals surface area contributed by atoms with Crippen molar-refractivity contribution < 1.29 is 27.8 Å². The van der Waals surface area contributed by atoms with Gasteiger partial charge < -0.3 is 15.2 Å². The minimum atomic E-state index is -4.80. The van der Waals surface area contributed by atoms with Crippen molar-refractivity contribution in [1.82, 2.24) is 0 Å². The summed E-state index contributed by atoms with van der Waals surface area (Å²) in [4.78, 5) is 11.5. The number of alkyl halides is 3. The smallest absolute Gasteiger partial charge is 0.511 e. The molecule has 8 heteroatoms. The Morgan fingerprint density at radius 3 is 2.30 bits per heavy atom. The average molecular weight is 286 g/mol. The van der Waals surface area contributed by atoms with E-state index in [9.17, 15) is 18.0 Å². The van der Waals surface area contributed by atoms with Crippen LogP contribution < -0.4 is 10.1 Å². The Bertz CT molecular complexity index is 567. The Hall–Kier alpha value is -2.69. The zero-order chi connectivity index (χ0) is 15.3. The number of halogens is 3. The highest BCUT2D eigenvalue weighted by molar-refractivity contribution is 6.06. The molecule has 0 saturated carbocycles. The van der Waals surface area contributed by atoms with Crippen molar-refractivity contribution in [2.24, 2.45) is 0 Å². The summed E-state index contributed by atoms with van der Waals surface area (Å²) in [5, 5.41) is 20.0. The van der Waals surface area contributed by atoms with Crippen molar-refractivity contribution in [1.29, 1.82) is 5.26 Å². The van der Waals surface area contributed by atoms with Gasteiger partial charge in [-0.05, 0) is 31.2 Å². The van der Waals surface area contributed by atoms with E-state index in [4.69, 9.17) is 10.4 Å². The number of anilines is 1. The maximum absolute atomic E-state index is 11.9. The van der Waals surface area contributed by atoms with Crippen molar-refractivity contribution in [3.05, 3.63) is 35.6 Å². The Morgan fingerprint density at radius 2 is 1.90 bits per heavy atom. The molecule has 0 aliphatic carbocycles. The molecule has 0 aromatic heterocycles. The third kappa shape index (κ3) is 4.53. The Labute approximate surface area is 111 Å². The SMILES string of the molecule is C/C(O)=C(/C#N)C(=O)Nc1ccc(OC(F)(F)F)cc1. The van der Waals surface area contributed by atoms with E-state index >= 15 is 0 Å². The van der Waals surface area contributed by atoms with E-state index in [1.165, 1.54) is 25.1 Å². The lowest BCUT2D eigenvalue weighted by atomic mass is 10.2. The second-order valence-corrected chi connectivity index (χ2v) is 3.60. The number of hydrogen-bond acceptors (Lipinski definition) is 4. The fourth-order valence-electron chi connectivity index (χ4n) is 1.23. The summed E-state index contributed by atoms with van der Waals surface area (Å²) in [6.07, 6.45) is -4.80. The van der Waals surface area contributed by atoms with Gasteiger partial charge in [0.05, 0.1) is 0 Å². The maximum atomic E-state index is 11.9. The van der Waals surface area contributed by atoms with Gasteiger partial charge in [-0.2, -0.15) is 5.26 Å². The van der Waals surface area contributed by atoms with Crippen molar-refractivity contribution >= 4 is 11.6 Å². The van der Waals surface area contributed by atoms with Gasteiger partial charge in [-0.1, -0.05) is 0 Å². The van der Waals surface area contributed by atoms with Gasteiger partial charge >= 0.3 is 6.36 Å². The van der Waals surface area contributed by atoms with E-state index < -0.39 is 29.4 Å². The first-order valence-corrected chi connectivity index (χ1v) is 5.20. The molecule has 0 unspecified atom stereocenters. The summed E-state index contributed by atoms with van der Waals surface area (Å²) in [5.41, 5.74) is -0.334. The number of aliphatic hydroxyl groups is 1. The highest BCUT2D eigenvalue weighted by Gasteiger charge is 2.30. The van der Waals surface area contributed by atoms with Crippen LogP contribution in [0.4, 0.5) is 18.9 Å². The topological polar surface area (TPSA) is 82.3 Å². The third-order valence-electron chi connectivity index (χ3n) is 2.05. The maximum Gasteiger partial charge on any atom is 0.573 e. The summed E-state index contributed by atoms with van der Waals surface area (Å²) < 4.78 is 39.4. The molecular weight excluding hydrogens is 277 g/mol. The summed E-state index contributed by atoms with van der Waals surface area (Å²) in [7, 11) is 0. The first-order valence-electron chi connectivity index (χ1n) is 5.20. The quantitative estimate of drug-likeness (QED) is 0.508. The molecule has 106 valence electrons. The van der Waals surface area contributed by atoms with Gasteiger partial charge in [0, 0.05) is 5.69 Å². The molecule has 0 heterocycles. The van der Waals surface area contributed by atoms with E-state index in [2.05, 4.69) is 10.1 Å². The summed E-state index contributed by atoms with van der Waals surface area (Å²) in [5.74, 6) is -1.76. The predicted octanol–water partition coefficient (Wildman–Crippen LogP) is 2.88. The number of carbonyl (C=O) groups excluding carboxylic acids is 1. The zero-order valence-corrected chi connectivity index (χ0v) is 10.2. The Morgan fingerprint density at radius 1 is 1.35 bits per heavy atom. The molecule has 2 N–H and O–H groups in total. The highest BCUT2D eigenvalue weighted by atomic mass is 19.4. The molecule has 0 aliphatic rings. The lowest BCUT2D eigenvalue weighted by Gasteiger charge is -2.09. The molecule has 20 heavy (non-hydrogen) atoms. The highest BCUT2D eigenvalue weighted by Crippen LogP contribution is 2.24. The fourth-order valence-corrected chi connectivity index (χ4v) is 1.23. The number of allylic oxidation sites excluding steroid dienone is 1. The molecule has 0 radical (unpaired) electrons. The molecule has 0 saturated heterocycles. The number of hydrogen-bond donors (Lipinski definition) is 2. The van der Waals surface area contributed by atoms with Gasteiger partial charge in [0.25, 0.3) is 5.91 Å². The molecule has 0 bridgehead atoms.